The molecule has 2 atom stereocenters. The fraction of sp³-hybridized carbons (Fsp3) is 0.188. The summed E-state index contributed by atoms with van der Waals surface area (Å²) in [5, 5.41) is 9.23. The van der Waals surface area contributed by atoms with Crippen LogP contribution in [0.3, 0.4) is 0 Å². The number of benzene rings is 2. The minimum Gasteiger partial charge on any atom is -0.497 e. The van der Waals surface area contributed by atoms with E-state index in [9.17, 15) is 14.3 Å². The van der Waals surface area contributed by atoms with Crippen molar-refractivity contribution in [1.29, 1.82) is 0 Å². The van der Waals surface area contributed by atoms with Crippen LogP contribution in [0.15, 0.2) is 57.9 Å². The lowest BCUT2D eigenvalue weighted by Gasteiger charge is -2.15. The third-order valence-corrected chi connectivity index (χ3v) is 4.45. The summed E-state index contributed by atoms with van der Waals surface area (Å²) < 4.78 is 20.0. The molecule has 0 aliphatic carbocycles. The molecular formula is C16H14BrFO3S. The minimum atomic E-state index is -1.99. The Morgan fingerprint density at radius 3 is 2.32 bits per heavy atom. The van der Waals surface area contributed by atoms with Gasteiger partial charge in [-0.05, 0) is 53.7 Å². The molecule has 0 saturated carbocycles. The standard InChI is InChI=1S/C16H14BrFO3S/c1-21-12-6-8-13(9-7-12)22-16(20)14(18)15(19)10-2-4-11(17)5-3-10/h2-9,14-15,19H,1H3/t14-,15-/m0/s1. The number of aliphatic hydroxyl groups is 1. The van der Waals surface area contributed by atoms with Gasteiger partial charge in [-0.3, -0.25) is 4.79 Å². The van der Waals surface area contributed by atoms with Crippen molar-refractivity contribution in [3.8, 4) is 5.75 Å². The summed E-state index contributed by atoms with van der Waals surface area (Å²) in [6.07, 6.45) is -3.47. The first-order chi connectivity index (χ1) is 10.5. The van der Waals surface area contributed by atoms with E-state index in [1.165, 1.54) is 0 Å². The number of thioether (sulfide) groups is 1. The van der Waals surface area contributed by atoms with Crippen molar-refractivity contribution in [2.75, 3.05) is 7.11 Å². The van der Waals surface area contributed by atoms with E-state index < -0.39 is 17.4 Å². The van der Waals surface area contributed by atoms with E-state index in [1.54, 1.807) is 55.6 Å². The fourth-order valence-electron chi connectivity index (χ4n) is 1.77. The highest BCUT2D eigenvalue weighted by Gasteiger charge is 2.28. The molecule has 0 aromatic heterocycles. The molecule has 2 rings (SSSR count). The number of aliphatic hydroxyl groups excluding tert-OH is 1. The van der Waals surface area contributed by atoms with Crippen molar-refractivity contribution in [3.05, 3.63) is 58.6 Å². The van der Waals surface area contributed by atoms with Crippen LogP contribution in [-0.4, -0.2) is 23.5 Å². The predicted molar refractivity (Wildman–Crippen MR) is 87.9 cm³/mol. The summed E-state index contributed by atoms with van der Waals surface area (Å²) in [6.45, 7) is 0. The Labute approximate surface area is 140 Å². The van der Waals surface area contributed by atoms with E-state index in [2.05, 4.69) is 15.9 Å². The van der Waals surface area contributed by atoms with Gasteiger partial charge in [0.05, 0.1) is 7.11 Å². The van der Waals surface area contributed by atoms with Gasteiger partial charge in [0.25, 0.3) is 0 Å². The van der Waals surface area contributed by atoms with Crippen LogP contribution in [0.5, 0.6) is 5.75 Å². The largest absolute Gasteiger partial charge is 0.497 e. The number of carbonyl (C=O) groups is 1. The Morgan fingerprint density at radius 2 is 1.77 bits per heavy atom. The fourth-order valence-corrected chi connectivity index (χ4v) is 2.78. The average Bonchev–Trinajstić information content (AvgIpc) is 2.55. The van der Waals surface area contributed by atoms with Crippen LogP contribution >= 0.6 is 27.7 Å². The molecule has 0 radical (unpaired) electrons. The molecule has 0 saturated heterocycles. The molecule has 3 nitrogen and oxygen atoms in total. The van der Waals surface area contributed by atoms with Gasteiger partial charge in [0.1, 0.15) is 11.9 Å². The highest BCUT2D eigenvalue weighted by molar-refractivity contribution is 9.10. The van der Waals surface area contributed by atoms with Crippen molar-refractivity contribution in [2.45, 2.75) is 17.2 Å². The van der Waals surface area contributed by atoms with Gasteiger partial charge >= 0.3 is 0 Å². The second kappa shape index (κ2) is 7.76. The molecule has 0 unspecified atom stereocenters. The van der Waals surface area contributed by atoms with E-state index in [1.807, 2.05) is 0 Å². The molecule has 0 amide bonds. The summed E-state index contributed by atoms with van der Waals surface area (Å²) >= 11 is 4.02. The third-order valence-electron chi connectivity index (χ3n) is 2.99. The minimum absolute atomic E-state index is 0.361. The Hall–Kier alpha value is -1.37. The maximum atomic E-state index is 14.2. The first kappa shape index (κ1) is 17.0. The molecule has 0 fully saturated rings. The van der Waals surface area contributed by atoms with Crippen LogP contribution in [-0.2, 0) is 4.79 Å². The number of ether oxygens (including phenoxy) is 1. The Bertz CT molecular complexity index is 631. The maximum Gasteiger partial charge on any atom is 0.230 e. The third kappa shape index (κ3) is 4.32. The van der Waals surface area contributed by atoms with Crippen LogP contribution in [0.1, 0.15) is 11.7 Å². The van der Waals surface area contributed by atoms with Gasteiger partial charge < -0.3 is 9.84 Å². The van der Waals surface area contributed by atoms with Gasteiger partial charge in [0.15, 0.2) is 6.17 Å². The van der Waals surface area contributed by atoms with Gasteiger partial charge in [-0.15, -0.1) is 0 Å². The number of halogens is 2. The average molecular weight is 385 g/mol. The van der Waals surface area contributed by atoms with E-state index in [0.29, 0.717) is 16.2 Å². The topological polar surface area (TPSA) is 46.5 Å². The molecule has 22 heavy (non-hydrogen) atoms. The number of hydrogen-bond donors (Lipinski definition) is 1. The number of hydrogen-bond acceptors (Lipinski definition) is 4. The zero-order valence-corrected chi connectivity index (χ0v) is 14.1. The smallest absolute Gasteiger partial charge is 0.230 e. The summed E-state index contributed by atoms with van der Waals surface area (Å²) in [7, 11) is 1.54. The Kier molecular flexibility index (Phi) is 5.99. The van der Waals surface area contributed by atoms with Gasteiger partial charge in [-0.2, -0.15) is 0 Å². The highest BCUT2D eigenvalue weighted by atomic mass is 79.9. The Balaban J connectivity index is 2.02. The maximum absolute atomic E-state index is 14.2. The van der Waals surface area contributed by atoms with E-state index >= 15 is 0 Å². The van der Waals surface area contributed by atoms with Crippen molar-refractivity contribution in [2.24, 2.45) is 0 Å². The quantitative estimate of drug-likeness (QED) is 0.786. The summed E-state index contributed by atoms with van der Waals surface area (Å²) in [5.74, 6) is 0.656. The molecule has 2 aromatic rings. The molecule has 0 aliphatic heterocycles. The van der Waals surface area contributed by atoms with E-state index in [-0.39, 0.29) is 0 Å². The van der Waals surface area contributed by atoms with Gasteiger partial charge in [0, 0.05) is 9.37 Å². The zero-order chi connectivity index (χ0) is 16.1. The zero-order valence-electron chi connectivity index (χ0n) is 11.7. The van der Waals surface area contributed by atoms with Crippen molar-refractivity contribution in [3.63, 3.8) is 0 Å². The van der Waals surface area contributed by atoms with E-state index in [4.69, 9.17) is 4.74 Å². The molecule has 0 heterocycles. The van der Waals surface area contributed by atoms with Gasteiger partial charge in [-0.1, -0.05) is 28.1 Å². The number of alkyl halides is 1. The molecule has 2 aromatic carbocycles. The van der Waals surface area contributed by atoms with Gasteiger partial charge in [0.2, 0.25) is 5.12 Å². The molecule has 0 bridgehead atoms. The van der Waals surface area contributed by atoms with Crippen molar-refractivity contribution in [1.82, 2.24) is 0 Å². The molecule has 1 N–H and O–H groups in total. The lowest BCUT2D eigenvalue weighted by Crippen LogP contribution is -2.21. The monoisotopic (exact) mass is 384 g/mol. The Morgan fingerprint density at radius 1 is 1.18 bits per heavy atom. The molecule has 0 aliphatic rings. The summed E-state index contributed by atoms with van der Waals surface area (Å²) in [5.41, 5.74) is 0.361. The second-order valence-electron chi connectivity index (χ2n) is 4.49. The molecule has 6 heteroatoms. The molecule has 0 spiro atoms. The van der Waals surface area contributed by atoms with E-state index in [0.717, 1.165) is 16.2 Å². The summed E-state index contributed by atoms with van der Waals surface area (Å²) in [4.78, 5) is 12.5. The lowest BCUT2D eigenvalue weighted by atomic mass is 10.1. The van der Waals surface area contributed by atoms with Gasteiger partial charge in [-0.25, -0.2) is 4.39 Å². The first-order valence-corrected chi connectivity index (χ1v) is 8.05. The van der Waals surface area contributed by atoms with Crippen LogP contribution in [0.4, 0.5) is 4.39 Å². The predicted octanol–water partition coefficient (Wildman–Crippen LogP) is 4.15. The van der Waals surface area contributed by atoms with Crippen LogP contribution in [0.2, 0.25) is 0 Å². The normalized spacial score (nSPS) is 13.5. The van der Waals surface area contributed by atoms with Crippen molar-refractivity contribution < 1.29 is 19.0 Å². The lowest BCUT2D eigenvalue weighted by molar-refractivity contribution is -0.119. The van der Waals surface area contributed by atoms with Crippen LogP contribution in [0.25, 0.3) is 0 Å². The molecule has 116 valence electrons. The van der Waals surface area contributed by atoms with Crippen LogP contribution in [0, 0.1) is 0 Å². The van der Waals surface area contributed by atoms with Crippen molar-refractivity contribution >= 4 is 32.8 Å². The second-order valence-corrected chi connectivity index (χ2v) is 6.49. The van der Waals surface area contributed by atoms with Crippen LogP contribution < -0.4 is 4.74 Å². The highest BCUT2D eigenvalue weighted by Crippen LogP contribution is 2.29. The number of methoxy groups -OCH3 is 1. The molecular weight excluding hydrogens is 371 g/mol. The first-order valence-electron chi connectivity index (χ1n) is 6.44. The summed E-state index contributed by atoms with van der Waals surface area (Å²) in [6, 6.07) is 13.2. The number of rotatable bonds is 5. The number of carbonyl (C=O) groups excluding carboxylic acids is 1. The SMILES string of the molecule is COc1ccc(SC(=O)[C@@H](F)[C@@H](O)c2ccc(Br)cc2)cc1.